The van der Waals surface area contributed by atoms with Crippen molar-refractivity contribution in [2.24, 2.45) is 5.84 Å². The third-order valence-electron chi connectivity index (χ3n) is 3.04. The topological polar surface area (TPSA) is 55.9 Å². The molecule has 0 radical (unpaired) electrons. The van der Waals surface area contributed by atoms with Crippen LogP contribution in [0.25, 0.3) is 0 Å². The molecule has 0 spiro atoms. The zero-order valence-corrected chi connectivity index (χ0v) is 13.9. The molecular formula is C12H16BrClN4S. The van der Waals surface area contributed by atoms with Crippen molar-refractivity contribution in [2.45, 2.75) is 32.9 Å². The second-order valence-corrected chi connectivity index (χ2v) is 6.94. The van der Waals surface area contributed by atoms with Gasteiger partial charge in [0.15, 0.2) is 0 Å². The number of halogens is 2. The normalized spacial score (nSPS) is 12.9. The van der Waals surface area contributed by atoms with Gasteiger partial charge in [-0.1, -0.05) is 11.6 Å². The number of aromatic nitrogens is 2. The smallest absolute Gasteiger partial charge is 0.0847 e. The van der Waals surface area contributed by atoms with Crippen LogP contribution in [0.5, 0.6) is 0 Å². The molecule has 1 unspecified atom stereocenters. The van der Waals surface area contributed by atoms with Gasteiger partial charge < -0.3 is 0 Å². The fraction of sp³-hybridized carbons (Fsp3) is 0.417. The number of hydrogen-bond acceptors (Lipinski definition) is 4. The summed E-state index contributed by atoms with van der Waals surface area (Å²) in [6.45, 7) is 4.77. The maximum absolute atomic E-state index is 6.33. The van der Waals surface area contributed by atoms with Crippen LogP contribution in [0.2, 0.25) is 5.02 Å². The lowest BCUT2D eigenvalue weighted by molar-refractivity contribution is 0.518. The van der Waals surface area contributed by atoms with Gasteiger partial charge in [-0.25, -0.2) is 0 Å². The van der Waals surface area contributed by atoms with Crippen molar-refractivity contribution in [1.82, 2.24) is 15.2 Å². The van der Waals surface area contributed by atoms with E-state index in [0.29, 0.717) is 6.42 Å². The van der Waals surface area contributed by atoms with Gasteiger partial charge in [-0.15, -0.1) is 11.3 Å². The maximum atomic E-state index is 6.33. The van der Waals surface area contributed by atoms with Gasteiger partial charge in [-0.3, -0.25) is 16.0 Å². The Morgan fingerprint density at radius 2 is 2.37 bits per heavy atom. The van der Waals surface area contributed by atoms with E-state index in [4.69, 9.17) is 17.4 Å². The minimum absolute atomic E-state index is 0.0291. The molecule has 2 rings (SSSR count). The summed E-state index contributed by atoms with van der Waals surface area (Å²) in [5, 5.41) is 7.24. The summed E-state index contributed by atoms with van der Waals surface area (Å²) in [7, 11) is 0. The van der Waals surface area contributed by atoms with Crippen LogP contribution in [0.1, 0.15) is 29.9 Å². The van der Waals surface area contributed by atoms with E-state index in [1.165, 1.54) is 0 Å². The summed E-state index contributed by atoms with van der Waals surface area (Å²) >= 11 is 11.4. The molecule has 0 aromatic carbocycles. The number of rotatable bonds is 5. The summed E-state index contributed by atoms with van der Waals surface area (Å²) in [6.07, 6.45) is 0.715. The average Bonchev–Trinajstić information content (AvgIpc) is 2.93. The molecule has 4 nitrogen and oxygen atoms in total. The SMILES string of the molecule is CCn1nc(C)c(Cl)c1CC(NN)c1csc(Br)c1. The maximum Gasteiger partial charge on any atom is 0.0847 e. The molecule has 2 heterocycles. The molecule has 0 fully saturated rings. The second-order valence-electron chi connectivity index (χ2n) is 4.27. The van der Waals surface area contributed by atoms with E-state index in [1.807, 2.05) is 11.6 Å². The van der Waals surface area contributed by atoms with Crippen molar-refractivity contribution in [2.75, 3.05) is 0 Å². The molecular weight excluding hydrogens is 348 g/mol. The van der Waals surface area contributed by atoms with Crippen LogP contribution in [0, 0.1) is 6.92 Å². The Morgan fingerprint density at radius 3 is 2.89 bits per heavy atom. The lowest BCUT2D eigenvalue weighted by atomic mass is 10.1. The fourth-order valence-corrected chi connectivity index (χ4v) is 3.48. The summed E-state index contributed by atoms with van der Waals surface area (Å²) < 4.78 is 3.03. The van der Waals surface area contributed by atoms with Gasteiger partial charge in [-0.2, -0.15) is 5.10 Å². The van der Waals surface area contributed by atoms with Crippen molar-refractivity contribution < 1.29 is 0 Å². The number of hydrogen-bond donors (Lipinski definition) is 2. The average molecular weight is 364 g/mol. The highest BCUT2D eigenvalue weighted by molar-refractivity contribution is 9.11. The van der Waals surface area contributed by atoms with E-state index < -0.39 is 0 Å². The van der Waals surface area contributed by atoms with Gasteiger partial charge in [-0.05, 0) is 46.8 Å². The van der Waals surface area contributed by atoms with E-state index in [-0.39, 0.29) is 6.04 Å². The molecule has 3 N–H and O–H groups in total. The molecule has 0 aliphatic rings. The first-order valence-corrected chi connectivity index (χ1v) is 8.03. The first kappa shape index (κ1) is 15.0. The zero-order chi connectivity index (χ0) is 14.0. The number of hydrazine groups is 1. The summed E-state index contributed by atoms with van der Waals surface area (Å²) in [4.78, 5) is 0. The van der Waals surface area contributed by atoms with Crippen molar-refractivity contribution in [3.05, 3.63) is 37.2 Å². The molecule has 0 saturated heterocycles. The van der Waals surface area contributed by atoms with Crippen LogP contribution in [0.4, 0.5) is 0 Å². The Hall–Kier alpha value is -0.400. The summed E-state index contributed by atoms with van der Waals surface area (Å²) in [5.41, 5.74) is 5.89. The molecule has 0 aliphatic heterocycles. The van der Waals surface area contributed by atoms with Crippen LogP contribution in [-0.4, -0.2) is 9.78 Å². The Kier molecular flexibility index (Phi) is 5.03. The lowest BCUT2D eigenvalue weighted by Gasteiger charge is -2.15. The van der Waals surface area contributed by atoms with Gasteiger partial charge in [0.1, 0.15) is 0 Å². The molecule has 2 aromatic heterocycles. The Labute approximate surface area is 130 Å². The fourth-order valence-electron chi connectivity index (χ4n) is 2.04. The van der Waals surface area contributed by atoms with Crippen LogP contribution in [0.15, 0.2) is 15.2 Å². The Morgan fingerprint density at radius 1 is 1.63 bits per heavy atom. The van der Waals surface area contributed by atoms with Gasteiger partial charge >= 0.3 is 0 Å². The second kappa shape index (κ2) is 6.37. The molecule has 0 amide bonds. The zero-order valence-electron chi connectivity index (χ0n) is 10.8. The highest BCUT2D eigenvalue weighted by Crippen LogP contribution is 2.29. The Bertz CT molecular complexity index is 566. The molecule has 0 aliphatic carbocycles. The third kappa shape index (κ3) is 3.20. The van der Waals surface area contributed by atoms with Crippen molar-refractivity contribution >= 4 is 38.9 Å². The summed E-state index contributed by atoms with van der Waals surface area (Å²) in [5.74, 6) is 5.68. The van der Waals surface area contributed by atoms with Gasteiger partial charge in [0.05, 0.1) is 26.2 Å². The molecule has 2 aromatic rings. The lowest BCUT2D eigenvalue weighted by Crippen LogP contribution is -2.30. The van der Waals surface area contributed by atoms with Gasteiger partial charge in [0, 0.05) is 13.0 Å². The number of nitrogens with one attached hydrogen (secondary N) is 1. The molecule has 19 heavy (non-hydrogen) atoms. The van der Waals surface area contributed by atoms with E-state index in [9.17, 15) is 0 Å². The number of nitrogens with two attached hydrogens (primary N) is 1. The van der Waals surface area contributed by atoms with E-state index in [0.717, 1.165) is 32.3 Å². The summed E-state index contributed by atoms with van der Waals surface area (Å²) in [6, 6.07) is 2.10. The first-order chi connectivity index (χ1) is 9.06. The molecule has 7 heteroatoms. The van der Waals surface area contributed by atoms with Crippen LogP contribution in [-0.2, 0) is 13.0 Å². The number of thiophene rings is 1. The molecule has 0 bridgehead atoms. The predicted molar refractivity (Wildman–Crippen MR) is 83.4 cm³/mol. The largest absolute Gasteiger partial charge is 0.271 e. The van der Waals surface area contributed by atoms with Crippen molar-refractivity contribution in [3.8, 4) is 0 Å². The Balaban J connectivity index is 2.28. The number of aryl methyl sites for hydroxylation is 2. The van der Waals surface area contributed by atoms with Crippen molar-refractivity contribution in [3.63, 3.8) is 0 Å². The van der Waals surface area contributed by atoms with Crippen LogP contribution in [0.3, 0.4) is 0 Å². The van der Waals surface area contributed by atoms with Crippen molar-refractivity contribution in [1.29, 1.82) is 0 Å². The molecule has 0 saturated carbocycles. The predicted octanol–water partition coefficient (Wildman–Crippen LogP) is 3.44. The van der Waals surface area contributed by atoms with E-state index in [1.54, 1.807) is 11.3 Å². The first-order valence-electron chi connectivity index (χ1n) is 5.98. The van der Waals surface area contributed by atoms with E-state index >= 15 is 0 Å². The van der Waals surface area contributed by atoms with Crippen LogP contribution < -0.4 is 11.3 Å². The molecule has 1 atom stereocenters. The molecule has 104 valence electrons. The van der Waals surface area contributed by atoms with E-state index in [2.05, 4.69) is 44.8 Å². The monoisotopic (exact) mass is 362 g/mol. The number of nitrogens with zero attached hydrogens (tertiary/aromatic N) is 2. The quantitative estimate of drug-likeness (QED) is 0.632. The van der Waals surface area contributed by atoms with Gasteiger partial charge in [0.25, 0.3) is 0 Å². The highest BCUT2D eigenvalue weighted by Gasteiger charge is 2.19. The van der Waals surface area contributed by atoms with Gasteiger partial charge in [0.2, 0.25) is 0 Å². The van der Waals surface area contributed by atoms with Crippen LogP contribution >= 0.6 is 38.9 Å². The minimum Gasteiger partial charge on any atom is -0.271 e. The highest BCUT2D eigenvalue weighted by atomic mass is 79.9. The third-order valence-corrected chi connectivity index (χ3v) is 5.06. The standard InChI is InChI=1S/C12H16BrClN4S/c1-3-18-10(12(14)7(2)17-18)5-9(16-15)8-4-11(13)19-6-8/h4,6,9,16H,3,5,15H2,1-2H3. The minimum atomic E-state index is 0.0291.